The fraction of sp³-hybridized carbons (Fsp3) is 0.167. The molecule has 0 bridgehead atoms. The highest BCUT2D eigenvalue weighted by molar-refractivity contribution is 7.46. The van der Waals surface area contributed by atoms with Crippen LogP contribution in [0.2, 0.25) is 5.02 Å². The maximum atomic E-state index is 10.6. The molecule has 0 aliphatic heterocycles. The van der Waals surface area contributed by atoms with Crippen molar-refractivity contribution in [2.45, 2.75) is 6.42 Å². The van der Waals surface area contributed by atoms with Crippen molar-refractivity contribution < 1.29 is 18.9 Å². The molecule has 0 saturated heterocycles. The lowest BCUT2D eigenvalue weighted by Crippen LogP contribution is -2.06. The Balaban J connectivity index is 1.63. The lowest BCUT2D eigenvalue weighted by Gasteiger charge is -2.09. The summed E-state index contributed by atoms with van der Waals surface area (Å²) in [6.45, 7) is 0.392. The number of anilines is 3. The number of aromatic nitrogens is 3. The second-order valence-corrected chi connectivity index (χ2v) is 7.61. The van der Waals surface area contributed by atoms with E-state index in [-0.39, 0.29) is 6.61 Å². The molecule has 0 fully saturated rings. The third-order valence-electron chi connectivity index (χ3n) is 3.68. The lowest BCUT2D eigenvalue weighted by atomic mass is 10.2. The van der Waals surface area contributed by atoms with Crippen molar-refractivity contribution in [2.75, 3.05) is 23.8 Å². The van der Waals surface area contributed by atoms with Crippen LogP contribution in [0.4, 0.5) is 17.5 Å². The maximum Gasteiger partial charge on any atom is 0.469 e. The van der Waals surface area contributed by atoms with Gasteiger partial charge >= 0.3 is 7.82 Å². The average molecular weight is 436 g/mol. The van der Waals surface area contributed by atoms with E-state index in [1.54, 1.807) is 30.6 Å². The van der Waals surface area contributed by atoms with Gasteiger partial charge in [0.1, 0.15) is 5.82 Å². The number of pyridine rings is 1. The van der Waals surface area contributed by atoms with Gasteiger partial charge in [-0.1, -0.05) is 17.7 Å². The molecule has 29 heavy (non-hydrogen) atoms. The summed E-state index contributed by atoms with van der Waals surface area (Å²) in [5.41, 5.74) is 2.33. The van der Waals surface area contributed by atoms with E-state index in [1.807, 2.05) is 24.3 Å². The molecule has 0 spiro atoms. The minimum atomic E-state index is -4.43. The summed E-state index contributed by atoms with van der Waals surface area (Å²) in [6, 6.07) is 12.7. The Morgan fingerprint density at radius 3 is 2.72 bits per heavy atom. The van der Waals surface area contributed by atoms with Crippen LogP contribution < -0.4 is 10.6 Å². The number of hydrogen-bond acceptors (Lipinski definition) is 7. The van der Waals surface area contributed by atoms with E-state index < -0.39 is 7.82 Å². The second-order valence-electron chi connectivity index (χ2n) is 5.93. The Kier molecular flexibility index (Phi) is 7.13. The minimum absolute atomic E-state index is 0.0542. The number of halogens is 1. The number of phosphoric ester groups is 1. The van der Waals surface area contributed by atoms with Gasteiger partial charge < -0.3 is 20.4 Å². The Labute approximate surface area is 172 Å². The van der Waals surface area contributed by atoms with Crippen LogP contribution in [-0.2, 0) is 9.09 Å². The van der Waals surface area contributed by atoms with Crippen molar-refractivity contribution in [3.63, 3.8) is 0 Å². The van der Waals surface area contributed by atoms with E-state index in [9.17, 15) is 4.57 Å². The molecule has 4 N–H and O–H groups in total. The first-order chi connectivity index (χ1) is 13.9. The van der Waals surface area contributed by atoms with Crippen molar-refractivity contribution in [1.29, 1.82) is 0 Å². The lowest BCUT2D eigenvalue weighted by molar-refractivity contribution is 0.196. The summed E-state index contributed by atoms with van der Waals surface area (Å²) < 4.78 is 15.0. The van der Waals surface area contributed by atoms with Crippen LogP contribution in [0, 0.1) is 0 Å². The van der Waals surface area contributed by atoms with E-state index in [0.29, 0.717) is 35.4 Å². The standard InChI is InChI=1S/C18H19ClN5O4P/c19-14-3-1-4-15(12-14)23-18-22-9-6-16(24-18)13-5-8-21-17(11-13)20-7-2-10-28-29(25,26)27/h1,3-6,8-9,11-12H,2,7,10H2,(H,20,21)(H,22,23,24)(H2,25,26,27). The molecule has 0 saturated carbocycles. The van der Waals surface area contributed by atoms with E-state index in [1.165, 1.54) is 0 Å². The van der Waals surface area contributed by atoms with Gasteiger partial charge in [0.15, 0.2) is 0 Å². The first-order valence-electron chi connectivity index (χ1n) is 8.65. The molecule has 3 aromatic rings. The molecule has 3 rings (SSSR count). The molecule has 2 heterocycles. The SMILES string of the molecule is O=P(O)(O)OCCCNc1cc(-c2ccnc(Nc3cccc(Cl)c3)n2)ccn1. The third-order valence-corrected chi connectivity index (χ3v) is 4.43. The van der Waals surface area contributed by atoms with E-state index in [2.05, 4.69) is 30.1 Å². The van der Waals surface area contributed by atoms with E-state index in [4.69, 9.17) is 21.4 Å². The van der Waals surface area contributed by atoms with Crippen molar-refractivity contribution in [3.8, 4) is 11.3 Å². The highest BCUT2D eigenvalue weighted by Gasteiger charge is 2.12. The van der Waals surface area contributed by atoms with Crippen molar-refractivity contribution in [3.05, 3.63) is 59.9 Å². The topological polar surface area (TPSA) is 129 Å². The zero-order valence-corrected chi connectivity index (χ0v) is 16.8. The molecule has 152 valence electrons. The summed E-state index contributed by atoms with van der Waals surface area (Å²) in [6.07, 6.45) is 3.72. The molecule has 0 amide bonds. The van der Waals surface area contributed by atoms with Crippen LogP contribution in [0.1, 0.15) is 6.42 Å². The first kappa shape index (κ1) is 21.2. The summed E-state index contributed by atoms with van der Waals surface area (Å²) in [7, 11) is -4.43. The fourth-order valence-corrected chi connectivity index (χ4v) is 2.99. The van der Waals surface area contributed by atoms with Crippen molar-refractivity contribution >= 4 is 36.9 Å². The third kappa shape index (κ3) is 7.08. The zero-order valence-electron chi connectivity index (χ0n) is 15.2. The normalized spacial score (nSPS) is 11.3. The fourth-order valence-electron chi connectivity index (χ4n) is 2.43. The number of rotatable bonds is 9. The van der Waals surface area contributed by atoms with Gasteiger partial charge in [0, 0.05) is 35.2 Å². The van der Waals surface area contributed by atoms with Crippen molar-refractivity contribution in [2.24, 2.45) is 0 Å². The molecule has 0 radical (unpaired) electrons. The largest absolute Gasteiger partial charge is 0.469 e. The summed E-state index contributed by atoms with van der Waals surface area (Å²) in [4.78, 5) is 30.3. The van der Waals surface area contributed by atoms with Gasteiger partial charge in [-0.25, -0.2) is 19.5 Å². The van der Waals surface area contributed by atoms with Gasteiger partial charge in [-0.15, -0.1) is 0 Å². The second kappa shape index (κ2) is 9.78. The van der Waals surface area contributed by atoms with Crippen molar-refractivity contribution in [1.82, 2.24) is 15.0 Å². The van der Waals surface area contributed by atoms with Gasteiger partial charge in [0.2, 0.25) is 5.95 Å². The Morgan fingerprint density at radius 2 is 1.93 bits per heavy atom. The van der Waals surface area contributed by atoms with Crippen LogP contribution in [-0.4, -0.2) is 37.9 Å². The van der Waals surface area contributed by atoms with Gasteiger partial charge in [0.05, 0.1) is 12.3 Å². The molecule has 0 atom stereocenters. The van der Waals surface area contributed by atoms with Gasteiger partial charge in [0.25, 0.3) is 0 Å². The number of phosphoric acid groups is 1. The van der Waals surface area contributed by atoms with Crippen LogP contribution in [0.5, 0.6) is 0 Å². The summed E-state index contributed by atoms with van der Waals surface area (Å²) in [5, 5.41) is 6.81. The van der Waals surface area contributed by atoms with Crippen LogP contribution in [0.25, 0.3) is 11.3 Å². The maximum absolute atomic E-state index is 10.6. The predicted molar refractivity (Wildman–Crippen MR) is 111 cm³/mol. The van der Waals surface area contributed by atoms with E-state index in [0.717, 1.165) is 11.3 Å². The Bertz CT molecular complexity index is 1020. The number of hydrogen-bond donors (Lipinski definition) is 4. The predicted octanol–water partition coefficient (Wildman–Crippen LogP) is 3.85. The Hall–Kier alpha value is -2.55. The molecular weight excluding hydrogens is 417 g/mol. The molecule has 0 aliphatic carbocycles. The van der Waals surface area contributed by atoms with Crippen LogP contribution >= 0.6 is 19.4 Å². The average Bonchev–Trinajstić information content (AvgIpc) is 2.67. The highest BCUT2D eigenvalue weighted by atomic mass is 35.5. The van der Waals surface area contributed by atoms with Gasteiger partial charge in [-0.2, -0.15) is 0 Å². The summed E-state index contributed by atoms with van der Waals surface area (Å²) >= 11 is 6.00. The van der Waals surface area contributed by atoms with E-state index >= 15 is 0 Å². The molecule has 9 nitrogen and oxygen atoms in total. The van der Waals surface area contributed by atoms with Crippen LogP contribution in [0.15, 0.2) is 54.9 Å². The first-order valence-corrected chi connectivity index (χ1v) is 10.6. The smallest absolute Gasteiger partial charge is 0.370 e. The molecular formula is C18H19ClN5O4P. The molecule has 0 aliphatic rings. The number of benzene rings is 1. The monoisotopic (exact) mass is 435 g/mol. The van der Waals surface area contributed by atoms with Gasteiger partial charge in [-0.05, 0) is 42.8 Å². The van der Waals surface area contributed by atoms with Gasteiger partial charge in [-0.3, -0.25) is 4.52 Å². The quantitative estimate of drug-likeness (QED) is 0.292. The number of nitrogens with one attached hydrogen (secondary N) is 2. The molecule has 2 aromatic heterocycles. The zero-order chi connectivity index (χ0) is 20.7. The van der Waals surface area contributed by atoms with Crippen LogP contribution in [0.3, 0.4) is 0 Å². The summed E-state index contributed by atoms with van der Waals surface area (Å²) in [5.74, 6) is 1.05. The highest BCUT2D eigenvalue weighted by Crippen LogP contribution is 2.35. The Morgan fingerprint density at radius 1 is 1.10 bits per heavy atom. The molecule has 0 unspecified atom stereocenters. The minimum Gasteiger partial charge on any atom is -0.370 e. The molecule has 11 heteroatoms. The number of nitrogens with zero attached hydrogens (tertiary/aromatic N) is 3. The molecule has 1 aromatic carbocycles.